The Labute approximate surface area is 85.5 Å². The van der Waals surface area contributed by atoms with Crippen molar-refractivity contribution in [3.63, 3.8) is 0 Å². The van der Waals surface area contributed by atoms with Gasteiger partial charge in [0.2, 0.25) is 11.8 Å². The van der Waals surface area contributed by atoms with Gasteiger partial charge in [-0.1, -0.05) is 13.8 Å². The monoisotopic (exact) mass is 197 g/mol. The highest BCUT2D eigenvalue weighted by Crippen LogP contribution is 2.35. The fourth-order valence-corrected chi connectivity index (χ4v) is 1.93. The first-order valence-electron chi connectivity index (χ1n) is 5.24. The number of carbonyl (C=O) groups is 2. The van der Waals surface area contributed by atoms with Crippen LogP contribution in [-0.2, 0) is 9.59 Å². The van der Waals surface area contributed by atoms with E-state index in [-0.39, 0.29) is 23.3 Å². The van der Waals surface area contributed by atoms with Crippen molar-refractivity contribution in [3.8, 4) is 0 Å². The van der Waals surface area contributed by atoms with E-state index in [4.69, 9.17) is 0 Å². The lowest BCUT2D eigenvalue weighted by Gasteiger charge is -2.38. The summed E-state index contributed by atoms with van der Waals surface area (Å²) in [6.45, 7) is 7.81. The van der Waals surface area contributed by atoms with E-state index in [0.29, 0.717) is 12.8 Å². The Hall–Kier alpha value is -0.860. The minimum Gasteiger partial charge on any atom is -0.280 e. The van der Waals surface area contributed by atoms with Crippen molar-refractivity contribution in [2.75, 3.05) is 0 Å². The Kier molecular flexibility index (Phi) is 2.98. The molecule has 0 atom stereocenters. The number of carbonyl (C=O) groups excluding carboxylic acids is 2. The molecule has 0 bridgehead atoms. The van der Waals surface area contributed by atoms with Crippen molar-refractivity contribution >= 4 is 11.8 Å². The zero-order chi connectivity index (χ0) is 10.9. The Balaban J connectivity index is 2.84. The van der Waals surface area contributed by atoms with Gasteiger partial charge in [0.1, 0.15) is 0 Å². The van der Waals surface area contributed by atoms with Crippen molar-refractivity contribution in [1.82, 2.24) is 4.90 Å². The van der Waals surface area contributed by atoms with Gasteiger partial charge in [0, 0.05) is 18.9 Å². The van der Waals surface area contributed by atoms with Crippen molar-refractivity contribution in [1.29, 1.82) is 0 Å². The number of hydrogen-bond donors (Lipinski definition) is 0. The summed E-state index contributed by atoms with van der Waals surface area (Å²) in [5.41, 5.74) is -0.112. The van der Waals surface area contributed by atoms with Crippen LogP contribution in [0.1, 0.15) is 47.0 Å². The Morgan fingerprint density at radius 2 is 1.71 bits per heavy atom. The number of imide groups is 1. The van der Waals surface area contributed by atoms with Gasteiger partial charge in [0.25, 0.3) is 0 Å². The van der Waals surface area contributed by atoms with Crippen LogP contribution in [0.25, 0.3) is 0 Å². The van der Waals surface area contributed by atoms with Crippen molar-refractivity contribution in [3.05, 3.63) is 0 Å². The number of likely N-dealkylation sites (tertiary alicyclic amines) is 1. The third-order valence-corrected chi connectivity index (χ3v) is 3.06. The molecule has 0 saturated carbocycles. The van der Waals surface area contributed by atoms with E-state index in [0.717, 1.165) is 6.42 Å². The third-order valence-electron chi connectivity index (χ3n) is 3.06. The van der Waals surface area contributed by atoms with Gasteiger partial charge in [0.15, 0.2) is 0 Å². The second kappa shape index (κ2) is 3.71. The van der Waals surface area contributed by atoms with Crippen molar-refractivity contribution in [2.45, 2.75) is 53.0 Å². The highest BCUT2D eigenvalue weighted by Gasteiger charge is 2.40. The first-order valence-corrected chi connectivity index (χ1v) is 5.24. The molecule has 1 aliphatic rings. The summed E-state index contributed by atoms with van der Waals surface area (Å²) in [6.07, 6.45) is 1.90. The normalized spacial score (nSPS) is 21.9. The van der Waals surface area contributed by atoms with E-state index in [1.165, 1.54) is 4.90 Å². The van der Waals surface area contributed by atoms with Crippen LogP contribution in [0.3, 0.4) is 0 Å². The molecule has 1 aliphatic heterocycles. The minimum absolute atomic E-state index is 0.00333. The molecule has 1 fully saturated rings. The molecule has 14 heavy (non-hydrogen) atoms. The largest absolute Gasteiger partial charge is 0.280 e. The molecular formula is C11H19NO2. The molecule has 1 rings (SSSR count). The first kappa shape index (κ1) is 11.2. The predicted octanol–water partition coefficient (Wildman–Crippen LogP) is 1.96. The van der Waals surface area contributed by atoms with E-state index in [9.17, 15) is 9.59 Å². The highest BCUT2D eigenvalue weighted by molar-refractivity contribution is 5.98. The Morgan fingerprint density at radius 3 is 2.00 bits per heavy atom. The van der Waals surface area contributed by atoms with E-state index >= 15 is 0 Å². The summed E-state index contributed by atoms with van der Waals surface area (Å²) < 4.78 is 0. The van der Waals surface area contributed by atoms with Crippen LogP contribution >= 0.6 is 0 Å². The van der Waals surface area contributed by atoms with Crippen LogP contribution in [-0.4, -0.2) is 22.8 Å². The van der Waals surface area contributed by atoms with Gasteiger partial charge < -0.3 is 0 Å². The SMILES string of the molecule is CCC1(C)CC(=O)N(C(C)C)C(=O)C1. The molecule has 0 unspecified atom stereocenters. The minimum atomic E-state index is -0.112. The predicted molar refractivity (Wildman–Crippen MR) is 54.6 cm³/mol. The maximum Gasteiger partial charge on any atom is 0.229 e. The van der Waals surface area contributed by atoms with Crippen LogP contribution in [0, 0.1) is 5.41 Å². The molecule has 3 nitrogen and oxygen atoms in total. The van der Waals surface area contributed by atoms with E-state index in [1.807, 2.05) is 27.7 Å². The summed E-state index contributed by atoms with van der Waals surface area (Å²) in [5, 5.41) is 0. The van der Waals surface area contributed by atoms with Gasteiger partial charge in [-0.3, -0.25) is 14.5 Å². The zero-order valence-electron chi connectivity index (χ0n) is 9.46. The van der Waals surface area contributed by atoms with Crippen molar-refractivity contribution in [2.24, 2.45) is 5.41 Å². The quantitative estimate of drug-likeness (QED) is 0.634. The van der Waals surface area contributed by atoms with Gasteiger partial charge in [-0.25, -0.2) is 0 Å². The molecule has 0 aliphatic carbocycles. The second-order valence-electron chi connectivity index (χ2n) is 4.77. The molecule has 80 valence electrons. The average molecular weight is 197 g/mol. The number of amides is 2. The highest BCUT2D eigenvalue weighted by atomic mass is 16.2. The zero-order valence-corrected chi connectivity index (χ0v) is 9.46. The molecule has 0 aromatic rings. The summed E-state index contributed by atoms with van der Waals surface area (Å²) >= 11 is 0. The number of nitrogens with zero attached hydrogens (tertiary/aromatic N) is 1. The Morgan fingerprint density at radius 1 is 1.29 bits per heavy atom. The molecular weight excluding hydrogens is 178 g/mol. The number of piperidine rings is 1. The lowest BCUT2D eigenvalue weighted by molar-refractivity contribution is -0.155. The summed E-state index contributed by atoms with van der Waals surface area (Å²) in [7, 11) is 0. The molecule has 1 heterocycles. The van der Waals surface area contributed by atoms with Crippen LogP contribution in [0.15, 0.2) is 0 Å². The number of hydrogen-bond acceptors (Lipinski definition) is 2. The van der Waals surface area contributed by atoms with E-state index in [2.05, 4.69) is 0 Å². The lowest BCUT2D eigenvalue weighted by Crippen LogP contribution is -2.49. The molecule has 0 N–H and O–H groups in total. The van der Waals surface area contributed by atoms with Crippen LogP contribution in [0.4, 0.5) is 0 Å². The fraction of sp³-hybridized carbons (Fsp3) is 0.818. The van der Waals surface area contributed by atoms with Crippen LogP contribution < -0.4 is 0 Å². The molecule has 3 heteroatoms. The van der Waals surface area contributed by atoms with Gasteiger partial charge >= 0.3 is 0 Å². The van der Waals surface area contributed by atoms with E-state index in [1.54, 1.807) is 0 Å². The second-order valence-corrected chi connectivity index (χ2v) is 4.77. The molecule has 0 radical (unpaired) electrons. The average Bonchev–Trinajstić information content (AvgIpc) is 2.01. The molecule has 0 aromatic heterocycles. The van der Waals surface area contributed by atoms with Gasteiger partial charge in [-0.2, -0.15) is 0 Å². The third kappa shape index (κ3) is 1.97. The van der Waals surface area contributed by atoms with Gasteiger partial charge in [0.05, 0.1) is 0 Å². The fourth-order valence-electron chi connectivity index (χ4n) is 1.93. The summed E-state index contributed by atoms with van der Waals surface area (Å²) in [6, 6.07) is -0.00333. The number of rotatable bonds is 2. The lowest BCUT2D eigenvalue weighted by atomic mass is 9.77. The summed E-state index contributed by atoms with van der Waals surface area (Å²) in [5.74, 6) is -0.0267. The van der Waals surface area contributed by atoms with Crippen molar-refractivity contribution < 1.29 is 9.59 Å². The van der Waals surface area contributed by atoms with Crippen LogP contribution in [0.5, 0.6) is 0 Å². The maximum atomic E-state index is 11.7. The summed E-state index contributed by atoms with van der Waals surface area (Å²) in [4.78, 5) is 24.9. The molecule has 0 spiro atoms. The molecule has 2 amide bonds. The smallest absolute Gasteiger partial charge is 0.229 e. The Bertz CT molecular complexity index is 240. The topological polar surface area (TPSA) is 37.4 Å². The van der Waals surface area contributed by atoms with Gasteiger partial charge in [-0.15, -0.1) is 0 Å². The van der Waals surface area contributed by atoms with Gasteiger partial charge in [-0.05, 0) is 25.7 Å². The van der Waals surface area contributed by atoms with Crippen LogP contribution in [0.2, 0.25) is 0 Å². The van der Waals surface area contributed by atoms with E-state index < -0.39 is 0 Å². The molecule has 1 saturated heterocycles. The first-order chi connectivity index (χ1) is 6.39. The molecule has 0 aromatic carbocycles. The maximum absolute atomic E-state index is 11.7. The standard InChI is InChI=1S/C11H19NO2/c1-5-11(4)6-9(13)12(8(2)3)10(14)7-11/h8H,5-7H2,1-4H3.